The van der Waals surface area contributed by atoms with Gasteiger partial charge in [0.05, 0.1) is 39.5 Å². The second-order valence-corrected chi connectivity index (χ2v) is 15.1. The highest BCUT2D eigenvalue weighted by Gasteiger charge is 2.59. The zero-order valence-corrected chi connectivity index (χ0v) is 32.3. The van der Waals surface area contributed by atoms with Crippen molar-refractivity contribution in [1.29, 1.82) is 0 Å². The molecule has 0 unspecified atom stereocenters. The molecule has 2 atom stereocenters. The number of benzene rings is 1. The van der Waals surface area contributed by atoms with Crippen LogP contribution in [0.4, 0.5) is 18.3 Å². The predicted octanol–water partition coefficient (Wildman–Crippen LogP) is -0.611. The molecule has 0 spiro atoms. The number of nitrogens with two attached hydrogens (primary N) is 1. The zero-order valence-electron chi connectivity index (χ0n) is 30.7. The number of β-lactam (4-membered cyclic amide) rings is 1. The van der Waals surface area contributed by atoms with Gasteiger partial charge in [-0.15, -0.1) is 15.6 Å². The summed E-state index contributed by atoms with van der Waals surface area (Å²) in [5, 5.41) is 28.5. The van der Waals surface area contributed by atoms with E-state index >= 15 is 0 Å². The minimum absolute atomic E-state index is 0.0530. The van der Waals surface area contributed by atoms with Crippen LogP contribution in [0.3, 0.4) is 0 Å². The molecule has 0 aliphatic carbocycles. The zero-order chi connectivity index (χ0) is 43.1. The summed E-state index contributed by atoms with van der Waals surface area (Å²) in [6, 6.07) is 6.93. The average Bonchev–Trinajstić information content (AvgIpc) is 3.80. The lowest BCUT2D eigenvalue weighted by molar-refractivity contribution is -0.917. The normalized spacial score (nSPS) is 18.3. The van der Waals surface area contributed by atoms with E-state index < -0.39 is 70.4 Å². The number of morpholine rings is 1. The minimum Gasteiger partial charge on any atom is -0.542 e. The van der Waals surface area contributed by atoms with Gasteiger partial charge < -0.3 is 39.5 Å². The van der Waals surface area contributed by atoms with E-state index in [1.807, 2.05) is 16.4 Å². The topological polar surface area (TPSA) is 296 Å². The molecule has 0 radical (unpaired) electrons. The number of quaternary nitrogens is 1. The number of likely N-dealkylation sites (N-methyl/N-ethyl adjacent to an activating group) is 1. The number of amides is 2. The SMILES string of the molecule is CC1(C)[C@H](ONC(=O)/C(=N\O[C@@H](COc2ccc(-c3cnn(CC[N+]4(C)CCOCC4)c3)cc2)C(=O)O)c2csc(N)n2)C(=O)N1OS(=O)(=O)O.O=C([O-])C(F)(F)F. The Morgan fingerprint density at radius 3 is 2.38 bits per heavy atom. The Bertz CT molecular complexity index is 2090. The number of nitrogens with one attached hydrogen (secondary N) is 1. The van der Waals surface area contributed by atoms with E-state index in [4.69, 9.17) is 39.3 Å². The van der Waals surface area contributed by atoms with E-state index in [0.29, 0.717) is 10.8 Å². The van der Waals surface area contributed by atoms with Crippen LogP contribution in [-0.2, 0) is 54.8 Å². The molecule has 318 valence electrons. The number of hydrogen-bond donors (Lipinski definition) is 4. The lowest BCUT2D eigenvalue weighted by Gasteiger charge is -2.49. The summed E-state index contributed by atoms with van der Waals surface area (Å²) >= 11 is 0.953. The second-order valence-electron chi connectivity index (χ2n) is 13.2. The van der Waals surface area contributed by atoms with Gasteiger partial charge in [0.15, 0.2) is 16.9 Å². The van der Waals surface area contributed by atoms with E-state index in [1.165, 1.54) is 19.2 Å². The van der Waals surface area contributed by atoms with Crippen LogP contribution in [0.15, 0.2) is 47.2 Å². The highest BCUT2D eigenvalue weighted by Crippen LogP contribution is 2.34. The van der Waals surface area contributed by atoms with Crippen LogP contribution in [0.2, 0.25) is 0 Å². The number of carboxylic acid groups (broad SMARTS) is 2. The van der Waals surface area contributed by atoms with Crippen LogP contribution in [0.1, 0.15) is 19.5 Å². The number of hydrogen-bond acceptors (Lipinski definition) is 17. The molecule has 27 heteroatoms. The van der Waals surface area contributed by atoms with Crippen LogP contribution in [0, 0.1) is 0 Å². The van der Waals surface area contributed by atoms with E-state index in [9.17, 15) is 41.1 Å². The average molecular weight is 867 g/mol. The Morgan fingerprint density at radius 1 is 1.21 bits per heavy atom. The number of thiazole rings is 1. The summed E-state index contributed by atoms with van der Waals surface area (Å²) in [7, 11) is -2.80. The number of oxime groups is 1. The molecule has 5 rings (SSSR count). The third kappa shape index (κ3) is 12.3. The summed E-state index contributed by atoms with van der Waals surface area (Å²) in [5.74, 6) is -6.27. The van der Waals surface area contributed by atoms with Crippen molar-refractivity contribution in [3.8, 4) is 16.9 Å². The molecule has 22 nitrogen and oxygen atoms in total. The number of hydroxylamine groups is 3. The molecular weight excluding hydrogens is 830 g/mol. The number of aromatic nitrogens is 3. The minimum atomic E-state index is -5.19. The standard InChI is InChI=1S/C29H36N8O12S2.C2HF3O2/c1-29(2)24(26(39)36(29)49-51(42,43)44)48-34-25(38)23(21-17-50-28(30)32-21)33-47-22(27(40)41)16-46-20-6-4-18(5-7-20)19-14-31-35(15-19)8-9-37(3)10-12-45-13-11-37;3-2(4,5)1(6)7/h4-7,14-15,17,22,24H,8-13,16H2,1-3H3,(H4-,30,32,34,38,40,41,42,43,44);(H,6,7)/b33-23-;/t22-,24+;/m0./s1. The fraction of sp³-hybridized carbons (Fsp3) is 0.452. The highest BCUT2D eigenvalue weighted by atomic mass is 32.3. The van der Waals surface area contributed by atoms with Crippen molar-refractivity contribution in [3.05, 3.63) is 47.7 Å². The maximum absolute atomic E-state index is 13.1. The molecule has 0 bridgehead atoms. The molecule has 2 aliphatic heterocycles. The van der Waals surface area contributed by atoms with Gasteiger partial charge in [0.1, 0.15) is 42.6 Å². The fourth-order valence-electron chi connectivity index (χ4n) is 5.08. The molecule has 2 aliphatic rings. The van der Waals surface area contributed by atoms with E-state index in [2.05, 4.69) is 26.6 Å². The summed E-state index contributed by atoms with van der Waals surface area (Å²) in [6.07, 6.45) is -4.59. The molecule has 2 fully saturated rings. The number of carboxylic acids is 2. The van der Waals surface area contributed by atoms with Crippen molar-refractivity contribution in [1.82, 2.24) is 25.3 Å². The molecule has 1 aromatic carbocycles. The summed E-state index contributed by atoms with van der Waals surface area (Å²) < 4.78 is 80.7. The van der Waals surface area contributed by atoms with E-state index in [0.717, 1.165) is 66.3 Å². The molecule has 2 aromatic heterocycles. The Morgan fingerprint density at radius 2 is 1.84 bits per heavy atom. The maximum Gasteiger partial charge on any atom is 0.430 e. The molecule has 3 aromatic rings. The van der Waals surface area contributed by atoms with Crippen molar-refractivity contribution in [3.63, 3.8) is 0 Å². The van der Waals surface area contributed by atoms with Crippen molar-refractivity contribution in [2.24, 2.45) is 5.16 Å². The molecule has 2 amide bonds. The van der Waals surface area contributed by atoms with Gasteiger partial charge >= 0.3 is 22.5 Å². The monoisotopic (exact) mass is 866 g/mol. The van der Waals surface area contributed by atoms with Crippen LogP contribution in [0.25, 0.3) is 11.1 Å². The van der Waals surface area contributed by atoms with Crippen molar-refractivity contribution in [2.45, 2.75) is 44.3 Å². The Labute approximate surface area is 330 Å². The number of carbonyl (C=O) groups is 4. The lowest BCUT2D eigenvalue weighted by Crippen LogP contribution is -2.73. The molecule has 4 heterocycles. The summed E-state index contributed by atoms with van der Waals surface area (Å²) in [4.78, 5) is 60.5. The molecular formula is C31H37F3N8O14S2. The summed E-state index contributed by atoms with van der Waals surface area (Å²) in [5.41, 5.74) is 7.34. The lowest BCUT2D eigenvalue weighted by atomic mass is 9.87. The number of ether oxygens (including phenoxy) is 2. The smallest absolute Gasteiger partial charge is 0.430 e. The third-order valence-corrected chi connectivity index (χ3v) is 9.44. The second kappa shape index (κ2) is 18.4. The van der Waals surface area contributed by atoms with Gasteiger partial charge in [0, 0.05) is 17.1 Å². The predicted molar refractivity (Wildman–Crippen MR) is 188 cm³/mol. The van der Waals surface area contributed by atoms with Crippen molar-refractivity contribution >= 4 is 56.3 Å². The Hall–Kier alpha value is -5.45. The number of nitrogens with zero attached hydrogens (tertiary/aromatic N) is 6. The first kappa shape index (κ1) is 45.3. The van der Waals surface area contributed by atoms with E-state index in [1.54, 1.807) is 30.5 Å². The summed E-state index contributed by atoms with van der Waals surface area (Å²) in [6.45, 7) is 7.30. The van der Waals surface area contributed by atoms with Crippen molar-refractivity contribution < 1.29 is 83.4 Å². The first-order valence-corrected chi connectivity index (χ1v) is 18.8. The molecule has 0 saturated carbocycles. The maximum atomic E-state index is 13.1. The number of rotatable bonds is 16. The quantitative estimate of drug-likeness (QED) is 0.0459. The van der Waals surface area contributed by atoms with Gasteiger partial charge in [-0.2, -0.15) is 31.8 Å². The van der Waals surface area contributed by atoms with Crippen LogP contribution in [-0.4, -0.2) is 142 Å². The number of nitrogen functional groups attached to an aromatic ring is 1. The van der Waals surface area contributed by atoms with Gasteiger partial charge in [-0.1, -0.05) is 17.3 Å². The Kier molecular flexibility index (Phi) is 14.4. The third-order valence-electron chi connectivity index (χ3n) is 8.43. The van der Waals surface area contributed by atoms with Gasteiger partial charge in [-0.25, -0.2) is 15.3 Å². The number of aliphatic carboxylic acids is 2. The highest BCUT2D eigenvalue weighted by molar-refractivity contribution is 7.80. The fourth-order valence-corrected chi connectivity index (χ4v) is 6.08. The van der Waals surface area contributed by atoms with Crippen molar-refractivity contribution in [2.75, 3.05) is 52.2 Å². The number of alkyl halides is 3. The van der Waals surface area contributed by atoms with Crippen LogP contribution >= 0.6 is 11.3 Å². The molecule has 58 heavy (non-hydrogen) atoms. The van der Waals surface area contributed by atoms with Gasteiger partial charge in [-0.05, 0) is 31.5 Å². The number of halogens is 3. The number of carbonyl (C=O) groups excluding carboxylic acids is 3. The molecule has 2 saturated heterocycles. The number of anilines is 1. The largest absolute Gasteiger partial charge is 0.542 e. The van der Waals surface area contributed by atoms with Crippen LogP contribution < -0.4 is 21.1 Å². The first-order chi connectivity index (χ1) is 27.0. The van der Waals surface area contributed by atoms with Gasteiger partial charge in [0.2, 0.25) is 0 Å². The first-order valence-electron chi connectivity index (χ1n) is 16.6. The Balaban J connectivity index is 0.000000973. The van der Waals surface area contributed by atoms with Gasteiger partial charge in [-0.3, -0.25) is 23.7 Å². The van der Waals surface area contributed by atoms with E-state index in [-0.39, 0.29) is 10.8 Å². The van der Waals surface area contributed by atoms with Crippen LogP contribution in [0.5, 0.6) is 5.75 Å². The molecule has 5 N–H and O–H groups in total. The van der Waals surface area contributed by atoms with Gasteiger partial charge in [0.25, 0.3) is 17.9 Å².